The average molecular weight is 399 g/mol. The fourth-order valence-electron chi connectivity index (χ4n) is 3.02. The van der Waals surface area contributed by atoms with Crippen molar-refractivity contribution in [3.63, 3.8) is 0 Å². The van der Waals surface area contributed by atoms with Crippen LogP contribution in [0.15, 0.2) is 96.2 Å². The summed E-state index contributed by atoms with van der Waals surface area (Å²) in [6.45, 7) is 0. The molecule has 4 rings (SSSR count). The van der Waals surface area contributed by atoms with Crippen molar-refractivity contribution in [3.8, 4) is 11.4 Å². The number of hydrogen-bond acceptors (Lipinski definition) is 4. The van der Waals surface area contributed by atoms with Crippen LogP contribution in [0.1, 0.15) is 5.69 Å². The number of nitrogens with zero attached hydrogens (tertiary/aromatic N) is 3. The molecule has 2 aromatic heterocycles. The van der Waals surface area contributed by atoms with Crippen molar-refractivity contribution in [2.24, 2.45) is 0 Å². The molecule has 2 N–H and O–H groups in total. The number of hydrogen-bond donors (Lipinski definition) is 2. The predicted molar refractivity (Wildman–Crippen MR) is 116 cm³/mol. The summed E-state index contributed by atoms with van der Waals surface area (Å²) in [5.41, 5.74) is 1.72. The number of para-hydroxylation sites is 1. The van der Waals surface area contributed by atoms with Crippen LogP contribution in [0, 0.1) is 11.2 Å². The summed E-state index contributed by atoms with van der Waals surface area (Å²) in [5, 5.41) is 14.9. The van der Waals surface area contributed by atoms with E-state index < -0.39 is 5.82 Å². The second kappa shape index (κ2) is 8.40. The van der Waals surface area contributed by atoms with E-state index in [9.17, 15) is 9.18 Å². The third-order valence-electron chi connectivity index (χ3n) is 4.45. The Balaban J connectivity index is 1.73. The van der Waals surface area contributed by atoms with Gasteiger partial charge in [0.05, 0.1) is 5.70 Å². The minimum atomic E-state index is -0.475. The summed E-state index contributed by atoms with van der Waals surface area (Å²) in [6, 6.07) is 19.1. The lowest BCUT2D eigenvalue weighted by atomic mass is 10.2. The van der Waals surface area contributed by atoms with Crippen molar-refractivity contribution in [1.82, 2.24) is 14.3 Å². The number of aromatic nitrogens is 3. The van der Waals surface area contributed by atoms with Crippen LogP contribution in [0.4, 0.5) is 10.1 Å². The number of halogens is 1. The molecule has 0 saturated heterocycles. The van der Waals surface area contributed by atoms with Crippen LogP contribution >= 0.6 is 0 Å². The van der Waals surface area contributed by atoms with Crippen molar-refractivity contribution in [2.75, 3.05) is 5.32 Å². The van der Waals surface area contributed by atoms with Crippen LogP contribution in [0.5, 0.6) is 0 Å². The molecule has 0 aliphatic carbocycles. The minimum absolute atomic E-state index is 0.0822. The molecule has 0 unspecified atom stereocenters. The van der Waals surface area contributed by atoms with Gasteiger partial charge in [-0.1, -0.05) is 18.2 Å². The second-order valence-corrected chi connectivity index (χ2v) is 6.44. The second-order valence-electron chi connectivity index (χ2n) is 6.44. The van der Waals surface area contributed by atoms with Gasteiger partial charge in [-0.3, -0.25) is 4.79 Å². The summed E-state index contributed by atoms with van der Waals surface area (Å²) in [6.07, 6.45) is 7.58. The minimum Gasteiger partial charge on any atom is -0.354 e. The van der Waals surface area contributed by atoms with Gasteiger partial charge in [0.2, 0.25) is 5.43 Å². The van der Waals surface area contributed by atoms with Crippen LogP contribution < -0.4 is 10.7 Å². The van der Waals surface area contributed by atoms with Gasteiger partial charge in [0, 0.05) is 48.3 Å². The molecule has 2 heterocycles. The third-order valence-corrected chi connectivity index (χ3v) is 4.45. The van der Waals surface area contributed by atoms with Gasteiger partial charge in [-0.15, -0.1) is 0 Å². The van der Waals surface area contributed by atoms with E-state index in [1.165, 1.54) is 29.1 Å². The molecule has 0 spiro atoms. The monoisotopic (exact) mass is 399 g/mol. The molecule has 2 aromatic carbocycles. The number of allylic oxidation sites excluding steroid dienone is 1. The van der Waals surface area contributed by atoms with Crippen LogP contribution in [0.2, 0.25) is 0 Å². The molecule has 0 bridgehead atoms. The van der Waals surface area contributed by atoms with Crippen molar-refractivity contribution < 1.29 is 4.39 Å². The first-order valence-electron chi connectivity index (χ1n) is 9.22. The van der Waals surface area contributed by atoms with Crippen molar-refractivity contribution in [2.45, 2.75) is 0 Å². The molecule has 148 valence electrons. The molecule has 0 saturated carbocycles. The highest BCUT2D eigenvalue weighted by atomic mass is 19.1. The fourth-order valence-corrected chi connectivity index (χ4v) is 3.02. The van der Waals surface area contributed by atoms with E-state index in [1.54, 1.807) is 16.7 Å². The molecule has 0 radical (unpaired) electrons. The Kier molecular flexibility index (Phi) is 5.34. The highest BCUT2D eigenvalue weighted by Gasteiger charge is 2.13. The van der Waals surface area contributed by atoms with Gasteiger partial charge in [0.1, 0.15) is 5.69 Å². The summed E-state index contributed by atoms with van der Waals surface area (Å²) in [4.78, 5) is 12.5. The maximum Gasteiger partial charge on any atom is 0.209 e. The number of rotatable bonds is 6. The summed E-state index contributed by atoms with van der Waals surface area (Å²) < 4.78 is 18.0. The smallest absolute Gasteiger partial charge is 0.209 e. The largest absolute Gasteiger partial charge is 0.354 e. The number of nitrogens with one attached hydrogen (secondary N) is 2. The molecule has 0 amide bonds. The van der Waals surface area contributed by atoms with E-state index in [0.29, 0.717) is 11.4 Å². The first-order valence-corrected chi connectivity index (χ1v) is 9.22. The highest BCUT2D eigenvalue weighted by molar-refractivity contribution is 5.86. The fraction of sp³-hybridized carbons (Fsp3) is 0. The zero-order valence-corrected chi connectivity index (χ0v) is 15.9. The average Bonchev–Trinajstić information content (AvgIpc) is 3.30. The van der Waals surface area contributed by atoms with Gasteiger partial charge < -0.3 is 15.3 Å². The lowest BCUT2D eigenvalue weighted by Crippen LogP contribution is -2.19. The zero-order valence-electron chi connectivity index (χ0n) is 15.9. The van der Waals surface area contributed by atoms with E-state index in [0.717, 1.165) is 11.9 Å². The Labute approximate surface area is 172 Å². The van der Waals surface area contributed by atoms with E-state index in [4.69, 9.17) is 5.41 Å². The van der Waals surface area contributed by atoms with Crippen LogP contribution in [0.25, 0.3) is 17.1 Å². The van der Waals surface area contributed by atoms with Gasteiger partial charge in [0.25, 0.3) is 0 Å². The quantitative estimate of drug-likeness (QED) is 0.476. The molecule has 0 aliphatic heterocycles. The first-order chi connectivity index (χ1) is 14.7. The lowest BCUT2D eigenvalue weighted by Gasteiger charge is -2.13. The third kappa shape index (κ3) is 3.95. The summed E-state index contributed by atoms with van der Waals surface area (Å²) in [7, 11) is 0. The number of anilines is 1. The Morgan fingerprint density at radius 1 is 1.00 bits per heavy atom. The Morgan fingerprint density at radius 3 is 2.47 bits per heavy atom. The Morgan fingerprint density at radius 2 is 1.77 bits per heavy atom. The summed E-state index contributed by atoms with van der Waals surface area (Å²) >= 11 is 0. The molecule has 0 aliphatic rings. The molecular formula is C23H18FN5O. The van der Waals surface area contributed by atoms with E-state index >= 15 is 0 Å². The first kappa shape index (κ1) is 19.1. The molecule has 0 fully saturated rings. The van der Waals surface area contributed by atoms with Crippen LogP contribution in [0.3, 0.4) is 0 Å². The van der Waals surface area contributed by atoms with E-state index in [2.05, 4.69) is 10.4 Å². The van der Waals surface area contributed by atoms with Crippen molar-refractivity contribution in [1.29, 1.82) is 5.41 Å². The van der Waals surface area contributed by atoms with Gasteiger partial charge in [-0.25, -0.2) is 9.07 Å². The zero-order chi connectivity index (χ0) is 20.9. The van der Waals surface area contributed by atoms with Gasteiger partial charge in [0.15, 0.2) is 11.5 Å². The summed E-state index contributed by atoms with van der Waals surface area (Å²) in [5.74, 6) is -0.475. The van der Waals surface area contributed by atoms with Gasteiger partial charge in [-0.2, -0.15) is 5.10 Å². The molecular weight excluding hydrogens is 381 g/mol. The van der Waals surface area contributed by atoms with E-state index in [1.807, 2.05) is 54.9 Å². The number of benzene rings is 2. The predicted octanol–water partition coefficient (Wildman–Crippen LogP) is 4.26. The molecule has 4 aromatic rings. The Bertz CT molecular complexity index is 1260. The van der Waals surface area contributed by atoms with Crippen LogP contribution in [-0.2, 0) is 0 Å². The molecule has 6 nitrogen and oxygen atoms in total. The normalized spacial score (nSPS) is 11.3. The molecule has 30 heavy (non-hydrogen) atoms. The highest BCUT2D eigenvalue weighted by Crippen LogP contribution is 2.19. The lowest BCUT2D eigenvalue weighted by molar-refractivity contribution is 0.606. The maximum absolute atomic E-state index is 14.8. The topological polar surface area (TPSA) is 75.7 Å². The van der Waals surface area contributed by atoms with Gasteiger partial charge >= 0.3 is 0 Å². The van der Waals surface area contributed by atoms with Crippen LogP contribution in [-0.4, -0.2) is 20.6 Å². The standard InChI is InChI=1S/C23H18FN5O/c24-19-16-18(28-13-4-5-14-28)8-9-21(19)29-15-11-22(30)23(27-29)20(10-12-25)26-17-6-2-1-3-7-17/h1-16,25-26H/b20-10-,25-12?. The van der Waals surface area contributed by atoms with E-state index in [-0.39, 0.29) is 16.8 Å². The SMILES string of the molecule is N=C/C=C(\Nc1ccccc1)c1nn(-c2ccc(-n3cccc3)cc2F)ccc1=O. The molecule has 7 heteroatoms. The van der Waals surface area contributed by atoms with Crippen molar-refractivity contribution in [3.05, 3.63) is 113 Å². The Hall–Kier alpha value is -4.26. The van der Waals surface area contributed by atoms with Gasteiger partial charge in [-0.05, 0) is 42.5 Å². The maximum atomic E-state index is 14.8. The molecule has 0 atom stereocenters. The van der Waals surface area contributed by atoms with Crippen molar-refractivity contribution >= 4 is 17.6 Å².